The summed E-state index contributed by atoms with van der Waals surface area (Å²) in [5, 5.41) is 11.2. The lowest BCUT2D eigenvalue weighted by Gasteiger charge is -2.37. The fourth-order valence-electron chi connectivity index (χ4n) is 3.91. The average Bonchev–Trinajstić information content (AvgIpc) is 3.46. The summed E-state index contributed by atoms with van der Waals surface area (Å²) in [7, 11) is 1.92. The van der Waals surface area contributed by atoms with E-state index in [4.69, 9.17) is 4.74 Å². The highest BCUT2D eigenvalue weighted by Crippen LogP contribution is 2.28. The van der Waals surface area contributed by atoms with Crippen molar-refractivity contribution >= 4 is 35.1 Å². The molecule has 2 saturated heterocycles. The van der Waals surface area contributed by atoms with Crippen molar-refractivity contribution in [3.63, 3.8) is 0 Å². The van der Waals surface area contributed by atoms with Crippen LogP contribution in [-0.2, 0) is 16.6 Å². The minimum absolute atomic E-state index is 0.102. The van der Waals surface area contributed by atoms with Crippen molar-refractivity contribution in [1.29, 1.82) is 0 Å². The van der Waals surface area contributed by atoms with E-state index in [1.54, 1.807) is 11.3 Å². The number of carbonyl (C=O) groups is 2. The molecule has 0 radical (unpaired) electrons. The fourth-order valence-corrected chi connectivity index (χ4v) is 5.46. The molecule has 2 aliphatic rings. The number of carbonyl (C=O) groups excluding carboxylic acids is 2. The number of aromatic nitrogens is 3. The van der Waals surface area contributed by atoms with Crippen molar-refractivity contribution in [1.82, 2.24) is 24.6 Å². The van der Waals surface area contributed by atoms with Crippen LogP contribution in [0.1, 0.15) is 26.2 Å². The van der Waals surface area contributed by atoms with Crippen LogP contribution in [0.25, 0.3) is 10.7 Å². The summed E-state index contributed by atoms with van der Waals surface area (Å²) in [5.41, 5.74) is 0. The van der Waals surface area contributed by atoms with Gasteiger partial charge in [-0.1, -0.05) is 24.8 Å². The first-order valence-electron chi connectivity index (χ1n) is 9.87. The first-order valence-corrected chi connectivity index (χ1v) is 11.7. The van der Waals surface area contributed by atoms with E-state index in [9.17, 15) is 9.59 Å². The number of piperidine rings is 1. The molecule has 0 bridgehead atoms. The number of thioether (sulfide) groups is 1. The molecule has 4 rings (SSSR count). The molecule has 2 amide bonds. The number of cyclic esters (lactones) is 1. The SMILES string of the molecule is CCC1COC(=O)N1C1CCN(C(=O)CSc2nnc(-c3cccs3)n2C)CC1. The van der Waals surface area contributed by atoms with Gasteiger partial charge < -0.3 is 14.2 Å². The predicted molar refractivity (Wildman–Crippen MR) is 112 cm³/mol. The highest BCUT2D eigenvalue weighted by Gasteiger charge is 2.38. The van der Waals surface area contributed by atoms with Crippen molar-refractivity contribution in [2.45, 2.75) is 43.4 Å². The molecule has 2 aromatic heterocycles. The summed E-state index contributed by atoms with van der Waals surface area (Å²) < 4.78 is 7.14. The van der Waals surface area contributed by atoms with Gasteiger partial charge in [-0.15, -0.1) is 21.5 Å². The molecule has 29 heavy (non-hydrogen) atoms. The zero-order chi connectivity index (χ0) is 20.4. The van der Waals surface area contributed by atoms with Crippen molar-refractivity contribution in [2.24, 2.45) is 7.05 Å². The summed E-state index contributed by atoms with van der Waals surface area (Å²) in [4.78, 5) is 29.6. The predicted octanol–water partition coefficient (Wildman–Crippen LogP) is 2.86. The molecule has 4 heterocycles. The van der Waals surface area contributed by atoms with Crippen molar-refractivity contribution in [2.75, 3.05) is 25.4 Å². The van der Waals surface area contributed by atoms with E-state index in [0.717, 1.165) is 35.1 Å². The Morgan fingerprint density at radius 1 is 1.34 bits per heavy atom. The summed E-state index contributed by atoms with van der Waals surface area (Å²) in [6.07, 6.45) is 2.29. The number of hydrogen-bond acceptors (Lipinski definition) is 7. The number of amides is 2. The molecule has 2 aliphatic heterocycles. The number of thiophene rings is 1. The number of nitrogens with zero attached hydrogens (tertiary/aromatic N) is 5. The van der Waals surface area contributed by atoms with E-state index in [1.807, 2.05) is 38.9 Å². The molecular weight excluding hydrogens is 410 g/mol. The lowest BCUT2D eigenvalue weighted by atomic mass is 10.0. The molecule has 8 nitrogen and oxygen atoms in total. The molecule has 2 aromatic rings. The minimum atomic E-state index is -0.207. The molecule has 0 N–H and O–H groups in total. The first-order chi connectivity index (χ1) is 14.1. The molecule has 0 saturated carbocycles. The van der Waals surface area contributed by atoms with Crippen molar-refractivity contribution in [3.05, 3.63) is 17.5 Å². The lowest BCUT2D eigenvalue weighted by Crippen LogP contribution is -2.50. The van der Waals surface area contributed by atoms with E-state index in [0.29, 0.717) is 25.4 Å². The summed E-state index contributed by atoms with van der Waals surface area (Å²) >= 11 is 3.03. The van der Waals surface area contributed by atoms with Crippen molar-refractivity contribution < 1.29 is 14.3 Å². The van der Waals surface area contributed by atoms with Crippen LogP contribution in [0.2, 0.25) is 0 Å². The number of rotatable bonds is 6. The van der Waals surface area contributed by atoms with Gasteiger partial charge in [0.2, 0.25) is 5.91 Å². The van der Waals surface area contributed by atoms with Gasteiger partial charge in [0.15, 0.2) is 11.0 Å². The molecule has 0 spiro atoms. The summed E-state index contributed by atoms with van der Waals surface area (Å²) in [6.45, 7) is 3.90. The Bertz CT molecular complexity index is 861. The molecule has 10 heteroatoms. The Hall–Kier alpha value is -2.07. The summed E-state index contributed by atoms with van der Waals surface area (Å²) in [6, 6.07) is 4.33. The Morgan fingerprint density at radius 2 is 2.14 bits per heavy atom. The molecule has 1 atom stereocenters. The topological polar surface area (TPSA) is 80.6 Å². The number of hydrogen-bond donors (Lipinski definition) is 0. The molecule has 2 fully saturated rings. The van der Waals surface area contributed by atoms with Crippen LogP contribution in [0.3, 0.4) is 0 Å². The minimum Gasteiger partial charge on any atom is -0.447 e. The maximum absolute atomic E-state index is 12.7. The van der Waals surface area contributed by atoms with Gasteiger partial charge in [-0.05, 0) is 30.7 Å². The lowest BCUT2D eigenvalue weighted by molar-refractivity contribution is -0.129. The van der Waals surface area contributed by atoms with Crippen LogP contribution in [-0.4, -0.2) is 74.1 Å². The van der Waals surface area contributed by atoms with E-state index >= 15 is 0 Å². The van der Waals surface area contributed by atoms with Crippen LogP contribution >= 0.6 is 23.1 Å². The van der Waals surface area contributed by atoms with E-state index in [2.05, 4.69) is 17.1 Å². The Morgan fingerprint density at radius 3 is 2.83 bits per heavy atom. The monoisotopic (exact) mass is 435 g/mol. The third-order valence-electron chi connectivity index (χ3n) is 5.59. The van der Waals surface area contributed by atoms with Crippen LogP contribution in [0, 0.1) is 0 Å². The molecule has 1 unspecified atom stereocenters. The van der Waals surface area contributed by atoms with Gasteiger partial charge >= 0.3 is 6.09 Å². The largest absolute Gasteiger partial charge is 0.447 e. The fraction of sp³-hybridized carbons (Fsp3) is 0.579. The Balaban J connectivity index is 1.29. The second-order valence-electron chi connectivity index (χ2n) is 7.29. The van der Waals surface area contributed by atoms with Crippen LogP contribution in [0.5, 0.6) is 0 Å². The number of ether oxygens (including phenoxy) is 1. The van der Waals surface area contributed by atoms with Gasteiger partial charge in [-0.2, -0.15) is 0 Å². The highest BCUT2D eigenvalue weighted by atomic mass is 32.2. The molecule has 156 valence electrons. The zero-order valence-corrected chi connectivity index (χ0v) is 18.2. The summed E-state index contributed by atoms with van der Waals surface area (Å²) in [5.74, 6) is 1.26. The third-order valence-corrected chi connectivity index (χ3v) is 7.46. The standard InChI is InChI=1S/C19H25N5O3S2/c1-3-13-11-27-19(26)24(13)14-6-8-23(9-7-14)16(25)12-29-18-21-20-17(22(18)2)15-5-4-10-28-15/h4-5,10,13-14H,3,6-9,11-12H2,1-2H3. The zero-order valence-electron chi connectivity index (χ0n) is 16.6. The normalized spacial score (nSPS) is 20.3. The molecular formula is C19H25N5O3S2. The average molecular weight is 436 g/mol. The maximum atomic E-state index is 12.7. The van der Waals surface area contributed by atoms with Crippen LogP contribution in [0.15, 0.2) is 22.7 Å². The van der Waals surface area contributed by atoms with Gasteiger partial charge in [0.25, 0.3) is 0 Å². The first kappa shape index (κ1) is 20.2. The quantitative estimate of drug-likeness (QED) is 0.649. The van der Waals surface area contributed by atoms with Crippen LogP contribution in [0.4, 0.5) is 4.79 Å². The van der Waals surface area contributed by atoms with Gasteiger partial charge in [0, 0.05) is 26.2 Å². The van der Waals surface area contributed by atoms with Gasteiger partial charge in [-0.25, -0.2) is 4.79 Å². The highest BCUT2D eigenvalue weighted by molar-refractivity contribution is 7.99. The van der Waals surface area contributed by atoms with E-state index < -0.39 is 0 Å². The molecule has 0 aliphatic carbocycles. The van der Waals surface area contributed by atoms with Gasteiger partial charge in [-0.3, -0.25) is 9.69 Å². The Labute approximate surface area is 178 Å². The second kappa shape index (κ2) is 8.74. The van der Waals surface area contributed by atoms with Crippen LogP contribution < -0.4 is 0 Å². The smallest absolute Gasteiger partial charge is 0.410 e. The van der Waals surface area contributed by atoms with Gasteiger partial charge in [0.05, 0.1) is 16.7 Å². The van der Waals surface area contributed by atoms with Gasteiger partial charge in [0.1, 0.15) is 6.61 Å². The Kier molecular flexibility index (Phi) is 6.09. The molecule has 0 aromatic carbocycles. The second-order valence-corrected chi connectivity index (χ2v) is 9.18. The third kappa shape index (κ3) is 4.13. The maximum Gasteiger partial charge on any atom is 0.410 e. The number of likely N-dealkylation sites (tertiary alicyclic amines) is 1. The van der Waals surface area contributed by atoms with E-state index in [1.165, 1.54) is 11.8 Å². The van der Waals surface area contributed by atoms with Crippen molar-refractivity contribution in [3.8, 4) is 10.7 Å². The van der Waals surface area contributed by atoms with E-state index in [-0.39, 0.29) is 24.1 Å².